The lowest BCUT2D eigenvalue weighted by Gasteiger charge is -2.26. The highest BCUT2D eigenvalue weighted by molar-refractivity contribution is 7.16. The average molecular weight is 247 g/mol. The molecule has 1 heterocycles. The summed E-state index contributed by atoms with van der Waals surface area (Å²) in [4.78, 5) is 3.59. The minimum absolute atomic E-state index is 0.123. The summed E-state index contributed by atoms with van der Waals surface area (Å²) in [6.07, 6.45) is 1.05. The van der Waals surface area contributed by atoms with E-state index in [9.17, 15) is 0 Å². The van der Waals surface area contributed by atoms with Crippen LogP contribution >= 0.6 is 22.9 Å². The van der Waals surface area contributed by atoms with Crippen molar-refractivity contribution in [2.24, 2.45) is 5.73 Å². The summed E-state index contributed by atoms with van der Waals surface area (Å²) >= 11 is 7.52. The van der Waals surface area contributed by atoms with Crippen LogP contribution in [0.1, 0.15) is 18.7 Å². The van der Waals surface area contributed by atoms with Crippen LogP contribution in [-0.2, 0) is 6.42 Å². The van der Waals surface area contributed by atoms with E-state index in [2.05, 4.69) is 18.0 Å². The van der Waals surface area contributed by atoms with Gasteiger partial charge >= 0.3 is 0 Å². The van der Waals surface area contributed by atoms with Gasteiger partial charge in [0.25, 0.3) is 0 Å². The van der Waals surface area contributed by atoms with Gasteiger partial charge in [-0.1, -0.05) is 11.6 Å². The Balaban J connectivity index is 2.31. The fraction of sp³-hybridized carbons (Fsp3) is 0.636. The normalized spacial score (nSPS) is 12.4. The van der Waals surface area contributed by atoms with Gasteiger partial charge in [-0.25, -0.2) is 0 Å². The lowest BCUT2D eigenvalue weighted by molar-refractivity contribution is 0.273. The molecule has 86 valence electrons. The first-order valence-electron chi connectivity index (χ1n) is 5.08. The standard InChI is InChI=1S/C11H19ClN2S/c1-11(2,13)8-14(3)7-6-9-4-5-10(12)15-9/h4-5H,6-8,13H2,1-3H3. The van der Waals surface area contributed by atoms with E-state index >= 15 is 0 Å². The molecule has 0 aliphatic rings. The van der Waals surface area contributed by atoms with Gasteiger partial charge in [-0.15, -0.1) is 11.3 Å². The van der Waals surface area contributed by atoms with Gasteiger partial charge in [-0.2, -0.15) is 0 Å². The van der Waals surface area contributed by atoms with E-state index in [1.165, 1.54) is 4.88 Å². The number of likely N-dealkylation sites (N-methyl/N-ethyl adjacent to an activating group) is 1. The molecule has 2 N–H and O–H groups in total. The molecule has 0 radical (unpaired) electrons. The van der Waals surface area contributed by atoms with E-state index in [4.69, 9.17) is 17.3 Å². The van der Waals surface area contributed by atoms with Crippen molar-refractivity contribution in [1.82, 2.24) is 4.90 Å². The van der Waals surface area contributed by atoms with Gasteiger partial charge in [0.05, 0.1) is 4.34 Å². The van der Waals surface area contributed by atoms with Crippen molar-refractivity contribution >= 4 is 22.9 Å². The first-order valence-corrected chi connectivity index (χ1v) is 6.28. The Morgan fingerprint density at radius 2 is 2.13 bits per heavy atom. The third-order valence-electron chi connectivity index (χ3n) is 2.05. The van der Waals surface area contributed by atoms with Crippen LogP contribution in [0.2, 0.25) is 4.34 Å². The molecule has 0 aromatic carbocycles. The fourth-order valence-electron chi connectivity index (χ4n) is 1.56. The van der Waals surface area contributed by atoms with E-state index in [0.29, 0.717) is 0 Å². The average Bonchev–Trinajstić information content (AvgIpc) is 2.45. The number of nitrogens with zero attached hydrogens (tertiary/aromatic N) is 1. The van der Waals surface area contributed by atoms with E-state index in [1.54, 1.807) is 11.3 Å². The minimum Gasteiger partial charge on any atom is -0.324 e. The number of thiophene rings is 1. The van der Waals surface area contributed by atoms with Crippen LogP contribution in [0.15, 0.2) is 12.1 Å². The summed E-state index contributed by atoms with van der Waals surface area (Å²) in [5.74, 6) is 0. The lowest BCUT2D eigenvalue weighted by Crippen LogP contribution is -2.44. The summed E-state index contributed by atoms with van der Waals surface area (Å²) in [7, 11) is 2.10. The Bertz CT molecular complexity index is 304. The van der Waals surface area contributed by atoms with Crippen LogP contribution in [0.3, 0.4) is 0 Å². The molecule has 0 unspecified atom stereocenters. The second-order valence-electron chi connectivity index (χ2n) is 4.68. The van der Waals surface area contributed by atoms with Crippen molar-refractivity contribution in [3.8, 4) is 0 Å². The molecule has 15 heavy (non-hydrogen) atoms. The van der Waals surface area contributed by atoms with Gasteiger partial charge in [0.1, 0.15) is 0 Å². The molecular weight excluding hydrogens is 228 g/mol. The third-order valence-corrected chi connectivity index (χ3v) is 3.34. The Morgan fingerprint density at radius 3 is 2.60 bits per heavy atom. The molecule has 0 atom stereocenters. The second kappa shape index (κ2) is 5.30. The van der Waals surface area contributed by atoms with Crippen molar-refractivity contribution < 1.29 is 0 Å². The summed E-state index contributed by atoms with van der Waals surface area (Å²) in [6, 6.07) is 4.04. The van der Waals surface area contributed by atoms with Crippen molar-refractivity contribution in [1.29, 1.82) is 0 Å². The van der Waals surface area contributed by atoms with Crippen molar-refractivity contribution in [2.75, 3.05) is 20.1 Å². The maximum absolute atomic E-state index is 5.95. The maximum atomic E-state index is 5.95. The largest absolute Gasteiger partial charge is 0.324 e. The highest BCUT2D eigenvalue weighted by Gasteiger charge is 2.13. The zero-order valence-corrected chi connectivity index (χ0v) is 11.2. The molecule has 0 saturated carbocycles. The quantitative estimate of drug-likeness (QED) is 0.866. The number of nitrogens with two attached hydrogens (primary N) is 1. The molecular formula is C11H19ClN2S. The lowest BCUT2D eigenvalue weighted by atomic mass is 10.1. The Morgan fingerprint density at radius 1 is 1.47 bits per heavy atom. The fourth-order valence-corrected chi connectivity index (χ4v) is 2.64. The van der Waals surface area contributed by atoms with Gasteiger partial charge in [-0.05, 0) is 39.4 Å². The van der Waals surface area contributed by atoms with E-state index in [-0.39, 0.29) is 5.54 Å². The van der Waals surface area contributed by atoms with Crippen LogP contribution in [-0.4, -0.2) is 30.6 Å². The molecule has 0 spiro atoms. The van der Waals surface area contributed by atoms with E-state index in [0.717, 1.165) is 23.8 Å². The van der Waals surface area contributed by atoms with Crippen LogP contribution in [0.5, 0.6) is 0 Å². The van der Waals surface area contributed by atoms with Crippen molar-refractivity contribution in [3.63, 3.8) is 0 Å². The molecule has 0 fully saturated rings. The van der Waals surface area contributed by atoms with Crippen molar-refractivity contribution in [2.45, 2.75) is 25.8 Å². The highest BCUT2D eigenvalue weighted by Crippen LogP contribution is 2.21. The van der Waals surface area contributed by atoms with Crippen LogP contribution in [0, 0.1) is 0 Å². The van der Waals surface area contributed by atoms with Gasteiger partial charge in [0, 0.05) is 23.5 Å². The number of halogens is 1. The van der Waals surface area contributed by atoms with Crippen molar-refractivity contribution in [3.05, 3.63) is 21.3 Å². The maximum Gasteiger partial charge on any atom is 0.0931 e. The Hall–Kier alpha value is -0.0900. The number of hydrogen-bond donors (Lipinski definition) is 1. The molecule has 4 heteroatoms. The smallest absolute Gasteiger partial charge is 0.0931 e. The minimum atomic E-state index is -0.123. The zero-order valence-electron chi connectivity index (χ0n) is 9.59. The molecule has 1 aromatic heterocycles. The third kappa shape index (κ3) is 5.52. The topological polar surface area (TPSA) is 29.3 Å². The van der Waals surface area contributed by atoms with Gasteiger partial charge in [-0.3, -0.25) is 0 Å². The van der Waals surface area contributed by atoms with Gasteiger partial charge < -0.3 is 10.6 Å². The van der Waals surface area contributed by atoms with Crippen LogP contribution in [0.4, 0.5) is 0 Å². The zero-order chi connectivity index (χ0) is 11.5. The van der Waals surface area contributed by atoms with E-state index < -0.39 is 0 Å². The monoisotopic (exact) mass is 246 g/mol. The first kappa shape index (κ1) is 13.0. The van der Waals surface area contributed by atoms with Crippen LogP contribution in [0.25, 0.3) is 0 Å². The number of rotatable bonds is 5. The predicted molar refractivity (Wildman–Crippen MR) is 68.8 cm³/mol. The SMILES string of the molecule is CN(CCc1ccc(Cl)s1)CC(C)(C)N. The molecule has 0 saturated heterocycles. The first-order chi connectivity index (χ1) is 6.87. The summed E-state index contributed by atoms with van der Waals surface area (Å²) in [5, 5.41) is 0. The van der Waals surface area contributed by atoms with Gasteiger partial charge in [0.2, 0.25) is 0 Å². The molecule has 0 amide bonds. The number of hydrogen-bond acceptors (Lipinski definition) is 3. The summed E-state index contributed by atoms with van der Waals surface area (Å²) in [6.45, 7) is 6.03. The Kier molecular flexibility index (Phi) is 4.59. The molecule has 2 nitrogen and oxygen atoms in total. The van der Waals surface area contributed by atoms with Crippen LogP contribution < -0.4 is 5.73 Å². The molecule has 0 bridgehead atoms. The second-order valence-corrected chi connectivity index (χ2v) is 6.48. The van der Waals surface area contributed by atoms with Gasteiger partial charge in [0.15, 0.2) is 0 Å². The highest BCUT2D eigenvalue weighted by atomic mass is 35.5. The molecule has 0 aliphatic heterocycles. The molecule has 1 aromatic rings. The predicted octanol–water partition coefficient (Wildman–Crippen LogP) is 2.61. The molecule has 0 aliphatic carbocycles. The summed E-state index contributed by atoms with van der Waals surface area (Å²) in [5.41, 5.74) is 5.83. The summed E-state index contributed by atoms with van der Waals surface area (Å²) < 4.78 is 0.867. The Labute approximate surface area is 101 Å². The molecule has 1 rings (SSSR count). The van der Waals surface area contributed by atoms with E-state index in [1.807, 2.05) is 19.9 Å².